The molecule has 0 radical (unpaired) electrons. The van der Waals surface area contributed by atoms with Crippen LogP contribution in [0.4, 0.5) is 8.78 Å². The van der Waals surface area contributed by atoms with Crippen LogP contribution in [0.15, 0.2) is 0 Å². The van der Waals surface area contributed by atoms with E-state index in [2.05, 4.69) is 0 Å². The van der Waals surface area contributed by atoms with Gasteiger partial charge in [0, 0.05) is 6.42 Å². The Morgan fingerprint density at radius 1 is 1.18 bits per heavy atom. The van der Waals surface area contributed by atoms with Gasteiger partial charge in [-0.05, 0) is 0 Å². The first kappa shape index (κ1) is 10.8. The van der Waals surface area contributed by atoms with Crippen molar-refractivity contribution in [3.63, 3.8) is 0 Å². The largest absolute Gasteiger partial charge is 0.326 e. The zero-order valence-corrected chi connectivity index (χ0v) is 7.82. The second kappa shape index (κ2) is 3.48. The SMILES string of the molecule is CCCC(F)(F)C[N+](C)(C)C. The summed E-state index contributed by atoms with van der Waals surface area (Å²) in [6.45, 7) is 1.71. The Balaban J connectivity index is 3.91. The van der Waals surface area contributed by atoms with Crippen molar-refractivity contribution in [2.75, 3.05) is 27.7 Å². The van der Waals surface area contributed by atoms with Gasteiger partial charge in [0.25, 0.3) is 5.92 Å². The van der Waals surface area contributed by atoms with Gasteiger partial charge in [0.15, 0.2) is 0 Å². The van der Waals surface area contributed by atoms with Crippen LogP contribution in [0, 0.1) is 0 Å². The normalized spacial score (nSPS) is 13.6. The van der Waals surface area contributed by atoms with Crippen molar-refractivity contribution < 1.29 is 13.3 Å². The molecular weight excluding hydrogens is 148 g/mol. The first-order valence-corrected chi connectivity index (χ1v) is 3.95. The van der Waals surface area contributed by atoms with Gasteiger partial charge in [-0.3, -0.25) is 0 Å². The van der Waals surface area contributed by atoms with E-state index >= 15 is 0 Å². The van der Waals surface area contributed by atoms with Gasteiger partial charge >= 0.3 is 0 Å². The number of quaternary nitrogens is 1. The topological polar surface area (TPSA) is 0 Å². The van der Waals surface area contributed by atoms with Crippen LogP contribution in [0.1, 0.15) is 19.8 Å². The van der Waals surface area contributed by atoms with Gasteiger partial charge in [-0.2, -0.15) is 0 Å². The summed E-state index contributed by atoms with van der Waals surface area (Å²) < 4.78 is 26.1. The minimum Gasteiger partial charge on any atom is -0.326 e. The van der Waals surface area contributed by atoms with Gasteiger partial charge in [-0.1, -0.05) is 13.3 Å². The first-order valence-electron chi connectivity index (χ1n) is 3.95. The number of hydrogen-bond acceptors (Lipinski definition) is 0. The number of alkyl halides is 2. The van der Waals surface area contributed by atoms with Crippen LogP contribution in [0.3, 0.4) is 0 Å². The Bertz CT molecular complexity index is 116. The lowest BCUT2D eigenvalue weighted by atomic mass is 10.2. The quantitative estimate of drug-likeness (QED) is 0.561. The summed E-state index contributed by atoms with van der Waals surface area (Å²) in [7, 11) is 5.34. The molecule has 0 rings (SSSR count). The highest BCUT2D eigenvalue weighted by molar-refractivity contribution is 4.63. The number of rotatable bonds is 4. The minimum absolute atomic E-state index is 0.00250. The fourth-order valence-electron chi connectivity index (χ4n) is 1.14. The summed E-state index contributed by atoms with van der Waals surface area (Å²) in [5.41, 5.74) is 0. The molecule has 0 aromatic rings. The van der Waals surface area contributed by atoms with E-state index in [0.717, 1.165) is 0 Å². The Hall–Kier alpha value is -0.180. The molecule has 11 heavy (non-hydrogen) atoms. The van der Waals surface area contributed by atoms with Crippen LogP contribution in [-0.2, 0) is 0 Å². The van der Waals surface area contributed by atoms with Gasteiger partial charge in [0.2, 0.25) is 0 Å². The molecule has 0 aliphatic heterocycles. The molecule has 3 heteroatoms. The monoisotopic (exact) mass is 166 g/mol. The maximum Gasteiger partial charge on any atom is 0.295 e. The molecular formula is C8H18F2N+. The fraction of sp³-hybridized carbons (Fsp3) is 1.00. The van der Waals surface area contributed by atoms with E-state index in [1.165, 1.54) is 0 Å². The van der Waals surface area contributed by atoms with Crippen LogP contribution >= 0.6 is 0 Å². The second-order valence-corrected chi connectivity index (χ2v) is 4.05. The van der Waals surface area contributed by atoms with Gasteiger partial charge in [0.05, 0.1) is 21.1 Å². The molecule has 0 saturated carbocycles. The summed E-state index contributed by atoms with van der Waals surface area (Å²) in [6.07, 6.45) is 0.551. The zero-order chi connectivity index (χ0) is 9.12. The Morgan fingerprint density at radius 2 is 1.64 bits per heavy atom. The molecule has 0 saturated heterocycles. The van der Waals surface area contributed by atoms with Crippen LogP contribution < -0.4 is 0 Å². The van der Waals surface area contributed by atoms with Crippen molar-refractivity contribution in [3.8, 4) is 0 Å². The third-order valence-corrected chi connectivity index (χ3v) is 1.32. The molecule has 0 N–H and O–H groups in total. The van der Waals surface area contributed by atoms with E-state index in [9.17, 15) is 8.78 Å². The Kier molecular flexibility index (Phi) is 3.42. The summed E-state index contributed by atoms with van der Waals surface area (Å²) >= 11 is 0. The Morgan fingerprint density at radius 3 is 1.91 bits per heavy atom. The molecule has 68 valence electrons. The maximum atomic E-state index is 12.9. The molecule has 0 heterocycles. The standard InChI is InChI=1S/C8H18F2N/c1-5-6-8(9,10)7-11(2,3)4/h5-7H2,1-4H3/q+1. The highest BCUT2D eigenvalue weighted by atomic mass is 19.3. The van der Waals surface area contributed by atoms with E-state index in [1.807, 2.05) is 0 Å². The molecule has 0 unspecified atom stereocenters. The highest BCUT2D eigenvalue weighted by Crippen LogP contribution is 2.22. The number of hydrogen-bond donors (Lipinski definition) is 0. The van der Waals surface area contributed by atoms with Crippen LogP contribution in [0.25, 0.3) is 0 Å². The molecule has 0 bridgehead atoms. The van der Waals surface area contributed by atoms with E-state index in [-0.39, 0.29) is 13.0 Å². The fourth-order valence-corrected chi connectivity index (χ4v) is 1.14. The maximum absolute atomic E-state index is 12.9. The molecule has 0 aliphatic carbocycles. The number of nitrogens with zero attached hydrogens (tertiary/aromatic N) is 1. The smallest absolute Gasteiger partial charge is 0.295 e. The van der Waals surface area contributed by atoms with Crippen molar-refractivity contribution >= 4 is 0 Å². The average molecular weight is 166 g/mol. The van der Waals surface area contributed by atoms with Gasteiger partial charge in [-0.15, -0.1) is 0 Å². The lowest BCUT2D eigenvalue weighted by Crippen LogP contribution is -2.44. The summed E-state index contributed by atoms with van der Waals surface area (Å²) in [4.78, 5) is 0. The Labute approximate surface area is 67.6 Å². The van der Waals surface area contributed by atoms with Crippen molar-refractivity contribution in [1.82, 2.24) is 0 Å². The number of halogens is 2. The van der Waals surface area contributed by atoms with Crippen molar-refractivity contribution in [1.29, 1.82) is 0 Å². The third-order valence-electron chi connectivity index (χ3n) is 1.32. The summed E-state index contributed by atoms with van der Waals surface area (Å²) in [6, 6.07) is 0. The van der Waals surface area contributed by atoms with Crippen molar-refractivity contribution in [2.45, 2.75) is 25.7 Å². The molecule has 0 aromatic carbocycles. The second-order valence-electron chi connectivity index (χ2n) is 4.05. The van der Waals surface area contributed by atoms with E-state index in [0.29, 0.717) is 10.9 Å². The van der Waals surface area contributed by atoms with Crippen LogP contribution in [-0.4, -0.2) is 38.1 Å². The molecule has 0 fully saturated rings. The minimum atomic E-state index is -2.49. The molecule has 0 aromatic heterocycles. The van der Waals surface area contributed by atoms with E-state index < -0.39 is 5.92 Å². The first-order chi connectivity index (χ1) is 4.77. The lowest BCUT2D eigenvalue weighted by Gasteiger charge is -2.28. The predicted molar refractivity (Wildman–Crippen MR) is 42.8 cm³/mol. The summed E-state index contributed by atoms with van der Waals surface area (Å²) in [5.74, 6) is -2.49. The van der Waals surface area contributed by atoms with Crippen LogP contribution in [0.5, 0.6) is 0 Å². The van der Waals surface area contributed by atoms with Gasteiger partial charge in [0.1, 0.15) is 6.54 Å². The molecule has 0 amide bonds. The van der Waals surface area contributed by atoms with Gasteiger partial charge < -0.3 is 4.48 Å². The van der Waals surface area contributed by atoms with Gasteiger partial charge in [-0.25, -0.2) is 8.78 Å². The molecule has 0 atom stereocenters. The predicted octanol–water partition coefficient (Wildman–Crippen LogP) is 2.13. The molecule has 0 aliphatic rings. The van der Waals surface area contributed by atoms with E-state index in [4.69, 9.17) is 0 Å². The van der Waals surface area contributed by atoms with Crippen molar-refractivity contribution in [2.24, 2.45) is 0 Å². The zero-order valence-electron chi connectivity index (χ0n) is 7.82. The van der Waals surface area contributed by atoms with E-state index in [1.54, 1.807) is 28.1 Å². The lowest BCUT2D eigenvalue weighted by molar-refractivity contribution is -0.878. The molecule has 0 spiro atoms. The third kappa shape index (κ3) is 6.23. The molecule has 1 nitrogen and oxygen atoms in total. The average Bonchev–Trinajstić information content (AvgIpc) is 1.55. The highest BCUT2D eigenvalue weighted by Gasteiger charge is 2.34. The van der Waals surface area contributed by atoms with Crippen LogP contribution in [0.2, 0.25) is 0 Å². The van der Waals surface area contributed by atoms with Crippen molar-refractivity contribution in [3.05, 3.63) is 0 Å². The summed E-state index contributed by atoms with van der Waals surface area (Å²) in [5, 5.41) is 0.